The Balaban J connectivity index is 1.37. The molecule has 1 fully saturated rings. The van der Waals surface area contributed by atoms with Crippen LogP contribution in [0.5, 0.6) is 0 Å². The molecule has 0 radical (unpaired) electrons. The van der Waals surface area contributed by atoms with Crippen molar-refractivity contribution in [3.63, 3.8) is 0 Å². The topological polar surface area (TPSA) is 97.2 Å². The first kappa shape index (κ1) is 20.2. The molecule has 1 N–H and O–H groups in total. The second-order valence-electron chi connectivity index (χ2n) is 7.17. The first-order chi connectivity index (χ1) is 14.5. The van der Waals surface area contributed by atoms with Crippen molar-refractivity contribution >= 4 is 21.6 Å². The molecule has 1 aromatic heterocycles. The molecule has 0 aliphatic carbocycles. The molecule has 4 rings (SSSR count). The number of nitrogens with zero attached hydrogens (tertiary/aromatic N) is 4. The van der Waals surface area contributed by atoms with Crippen molar-refractivity contribution in [3.8, 4) is 5.69 Å². The molecular formula is C21H23N5O3S. The van der Waals surface area contributed by atoms with Crippen molar-refractivity contribution in [2.75, 3.05) is 18.4 Å². The first-order valence-electron chi connectivity index (χ1n) is 9.89. The maximum atomic E-state index is 12.6. The van der Waals surface area contributed by atoms with E-state index in [1.165, 1.54) is 4.31 Å². The molecule has 8 nitrogen and oxygen atoms in total. The SMILES string of the molecule is O=C(CCc1ccc(S(=O)(=O)N2CCCC2)cc1)Nc1ccccc1-n1ccnn1. The van der Waals surface area contributed by atoms with Crippen LogP contribution in [-0.4, -0.2) is 46.7 Å². The number of amides is 1. The first-order valence-corrected chi connectivity index (χ1v) is 11.3. The molecule has 30 heavy (non-hydrogen) atoms. The highest BCUT2D eigenvalue weighted by atomic mass is 32.2. The lowest BCUT2D eigenvalue weighted by molar-refractivity contribution is -0.116. The molecule has 9 heteroatoms. The minimum atomic E-state index is -3.41. The van der Waals surface area contributed by atoms with Gasteiger partial charge in [0, 0.05) is 19.5 Å². The molecule has 2 heterocycles. The largest absolute Gasteiger partial charge is 0.324 e. The molecule has 0 saturated carbocycles. The molecule has 0 spiro atoms. The van der Waals surface area contributed by atoms with Crippen molar-refractivity contribution in [3.05, 3.63) is 66.5 Å². The van der Waals surface area contributed by atoms with E-state index < -0.39 is 10.0 Å². The van der Waals surface area contributed by atoms with Crippen molar-refractivity contribution in [1.82, 2.24) is 19.3 Å². The Morgan fingerprint density at radius 3 is 2.47 bits per heavy atom. The number of hydrogen-bond donors (Lipinski definition) is 1. The summed E-state index contributed by atoms with van der Waals surface area (Å²) in [4.78, 5) is 12.8. The van der Waals surface area contributed by atoms with E-state index in [0.717, 1.165) is 24.1 Å². The number of nitrogens with one attached hydrogen (secondary N) is 1. The van der Waals surface area contributed by atoms with Crippen LogP contribution < -0.4 is 5.32 Å². The summed E-state index contributed by atoms with van der Waals surface area (Å²) in [6, 6.07) is 14.2. The van der Waals surface area contributed by atoms with Gasteiger partial charge in [-0.2, -0.15) is 4.31 Å². The summed E-state index contributed by atoms with van der Waals surface area (Å²) in [5, 5.41) is 10.7. The zero-order valence-corrected chi connectivity index (χ0v) is 17.3. The quantitative estimate of drug-likeness (QED) is 0.628. The van der Waals surface area contributed by atoms with Crippen LogP contribution in [0.1, 0.15) is 24.8 Å². The Bertz CT molecular complexity index is 1110. The number of anilines is 1. The lowest BCUT2D eigenvalue weighted by Gasteiger charge is -2.15. The van der Waals surface area contributed by atoms with Crippen LogP contribution in [0, 0.1) is 0 Å². The van der Waals surface area contributed by atoms with E-state index in [9.17, 15) is 13.2 Å². The van der Waals surface area contributed by atoms with Crippen LogP contribution in [0.15, 0.2) is 65.8 Å². The van der Waals surface area contributed by atoms with Gasteiger partial charge in [0.2, 0.25) is 15.9 Å². The minimum absolute atomic E-state index is 0.128. The predicted molar refractivity (Wildman–Crippen MR) is 113 cm³/mol. The number of rotatable bonds is 7. The number of para-hydroxylation sites is 2. The second kappa shape index (κ2) is 8.76. The molecule has 0 atom stereocenters. The van der Waals surface area contributed by atoms with Gasteiger partial charge in [-0.05, 0) is 49.1 Å². The highest BCUT2D eigenvalue weighted by molar-refractivity contribution is 7.89. The lowest BCUT2D eigenvalue weighted by Crippen LogP contribution is -2.27. The van der Waals surface area contributed by atoms with E-state index in [-0.39, 0.29) is 12.3 Å². The van der Waals surface area contributed by atoms with E-state index in [1.807, 2.05) is 24.3 Å². The molecule has 1 aliphatic rings. The lowest BCUT2D eigenvalue weighted by atomic mass is 10.1. The summed E-state index contributed by atoms with van der Waals surface area (Å²) in [5.74, 6) is -0.128. The number of benzene rings is 2. The van der Waals surface area contributed by atoms with E-state index in [2.05, 4.69) is 15.6 Å². The van der Waals surface area contributed by atoms with E-state index in [0.29, 0.717) is 30.1 Å². The monoisotopic (exact) mass is 425 g/mol. The van der Waals surface area contributed by atoms with Crippen LogP contribution in [-0.2, 0) is 21.2 Å². The standard InChI is InChI=1S/C21H23N5O3S/c27-21(23-19-5-1-2-6-20(19)26-16-13-22-24-26)12-9-17-7-10-18(11-8-17)30(28,29)25-14-3-4-15-25/h1-2,5-8,10-11,13,16H,3-4,9,12,14-15H2,(H,23,27). The molecule has 2 aromatic carbocycles. The molecule has 0 unspecified atom stereocenters. The van der Waals surface area contributed by atoms with Crippen molar-refractivity contribution < 1.29 is 13.2 Å². The van der Waals surface area contributed by atoms with E-state index >= 15 is 0 Å². The summed E-state index contributed by atoms with van der Waals surface area (Å²) < 4.78 is 28.3. The van der Waals surface area contributed by atoms with Gasteiger partial charge in [0.1, 0.15) is 0 Å². The third kappa shape index (κ3) is 4.42. The second-order valence-corrected chi connectivity index (χ2v) is 9.11. The Morgan fingerprint density at radius 2 is 1.77 bits per heavy atom. The smallest absolute Gasteiger partial charge is 0.243 e. The summed E-state index contributed by atoms with van der Waals surface area (Å²) in [5.41, 5.74) is 2.30. The molecule has 1 saturated heterocycles. The van der Waals surface area contributed by atoms with Crippen LogP contribution >= 0.6 is 0 Å². The highest BCUT2D eigenvalue weighted by Gasteiger charge is 2.26. The van der Waals surface area contributed by atoms with Crippen LogP contribution in [0.3, 0.4) is 0 Å². The van der Waals surface area contributed by atoms with Gasteiger partial charge in [0.05, 0.1) is 28.7 Å². The predicted octanol–water partition coefficient (Wildman–Crippen LogP) is 2.62. The fourth-order valence-electron chi connectivity index (χ4n) is 3.49. The van der Waals surface area contributed by atoms with Gasteiger partial charge in [-0.1, -0.05) is 29.5 Å². The Kier molecular flexibility index (Phi) is 5.91. The number of carbonyl (C=O) groups excluding carboxylic acids is 1. The third-order valence-corrected chi connectivity index (χ3v) is 7.03. The zero-order valence-electron chi connectivity index (χ0n) is 16.4. The molecule has 1 aliphatic heterocycles. The molecule has 156 valence electrons. The average molecular weight is 426 g/mol. The number of carbonyl (C=O) groups is 1. The summed E-state index contributed by atoms with van der Waals surface area (Å²) in [7, 11) is -3.41. The normalized spacial score (nSPS) is 14.7. The maximum absolute atomic E-state index is 12.6. The van der Waals surface area contributed by atoms with Gasteiger partial charge in [0.15, 0.2) is 0 Å². The number of aromatic nitrogens is 3. The number of sulfonamides is 1. The summed E-state index contributed by atoms with van der Waals surface area (Å²) in [6.45, 7) is 1.17. The van der Waals surface area contributed by atoms with Gasteiger partial charge in [-0.25, -0.2) is 13.1 Å². The maximum Gasteiger partial charge on any atom is 0.243 e. The number of hydrogen-bond acceptors (Lipinski definition) is 5. The Labute approximate surface area is 175 Å². The van der Waals surface area contributed by atoms with Crippen molar-refractivity contribution in [2.24, 2.45) is 0 Å². The molecule has 0 bridgehead atoms. The van der Waals surface area contributed by atoms with Crippen molar-refractivity contribution in [1.29, 1.82) is 0 Å². The third-order valence-electron chi connectivity index (χ3n) is 5.11. The van der Waals surface area contributed by atoms with Gasteiger partial charge >= 0.3 is 0 Å². The van der Waals surface area contributed by atoms with E-state index in [1.54, 1.807) is 41.3 Å². The van der Waals surface area contributed by atoms with Gasteiger partial charge < -0.3 is 5.32 Å². The van der Waals surface area contributed by atoms with Crippen LogP contribution in [0.4, 0.5) is 5.69 Å². The highest BCUT2D eigenvalue weighted by Crippen LogP contribution is 2.22. The van der Waals surface area contributed by atoms with Crippen LogP contribution in [0.2, 0.25) is 0 Å². The van der Waals surface area contributed by atoms with E-state index in [4.69, 9.17) is 0 Å². The number of aryl methyl sites for hydroxylation is 1. The fourth-order valence-corrected chi connectivity index (χ4v) is 5.01. The Morgan fingerprint density at radius 1 is 1.03 bits per heavy atom. The minimum Gasteiger partial charge on any atom is -0.324 e. The van der Waals surface area contributed by atoms with Crippen LogP contribution in [0.25, 0.3) is 5.69 Å². The van der Waals surface area contributed by atoms with Gasteiger partial charge in [0.25, 0.3) is 0 Å². The zero-order chi connectivity index (χ0) is 21.0. The average Bonchev–Trinajstić information content (AvgIpc) is 3.47. The summed E-state index contributed by atoms with van der Waals surface area (Å²) in [6.07, 6.45) is 5.90. The van der Waals surface area contributed by atoms with Gasteiger partial charge in [-0.15, -0.1) is 5.10 Å². The Hall–Kier alpha value is -3.04. The molecule has 3 aromatic rings. The van der Waals surface area contributed by atoms with Crippen molar-refractivity contribution in [2.45, 2.75) is 30.6 Å². The summed E-state index contributed by atoms with van der Waals surface area (Å²) >= 11 is 0. The molecular weight excluding hydrogens is 402 g/mol. The molecule has 1 amide bonds. The fraction of sp³-hybridized carbons (Fsp3) is 0.286. The van der Waals surface area contributed by atoms with Gasteiger partial charge in [-0.3, -0.25) is 4.79 Å².